The van der Waals surface area contributed by atoms with E-state index in [2.05, 4.69) is 0 Å². The first kappa shape index (κ1) is 12.3. The van der Waals surface area contributed by atoms with Crippen molar-refractivity contribution in [2.24, 2.45) is 11.7 Å². The topological polar surface area (TPSA) is 75.8 Å². The van der Waals surface area contributed by atoms with Gasteiger partial charge >= 0.3 is 6.09 Å². The second-order valence-corrected chi connectivity index (χ2v) is 4.19. The van der Waals surface area contributed by atoms with Crippen LogP contribution in [0.15, 0.2) is 0 Å². The molecular weight excluding hydrogens is 196 g/mol. The maximum Gasteiger partial charge on any atom is 0.407 e. The van der Waals surface area contributed by atoms with Crippen molar-refractivity contribution in [3.63, 3.8) is 0 Å². The molecule has 15 heavy (non-hydrogen) atoms. The van der Waals surface area contributed by atoms with Crippen molar-refractivity contribution >= 4 is 6.09 Å². The Morgan fingerprint density at radius 2 is 2.33 bits per heavy atom. The summed E-state index contributed by atoms with van der Waals surface area (Å²) < 4.78 is 5.35. The van der Waals surface area contributed by atoms with Crippen LogP contribution in [-0.4, -0.2) is 48.4 Å². The molecule has 0 spiro atoms. The largest absolute Gasteiger partial charge is 0.465 e. The Labute approximate surface area is 90.2 Å². The summed E-state index contributed by atoms with van der Waals surface area (Å²) in [6.07, 6.45) is 1.11. The van der Waals surface area contributed by atoms with Crippen LogP contribution in [0.3, 0.4) is 0 Å². The highest BCUT2D eigenvalue weighted by molar-refractivity contribution is 5.65. The van der Waals surface area contributed by atoms with Crippen LogP contribution in [0.25, 0.3) is 0 Å². The van der Waals surface area contributed by atoms with E-state index in [4.69, 9.17) is 15.6 Å². The first-order valence-electron chi connectivity index (χ1n) is 5.33. The summed E-state index contributed by atoms with van der Waals surface area (Å²) in [6, 6.07) is -0.319. The van der Waals surface area contributed by atoms with E-state index in [9.17, 15) is 4.79 Å². The molecule has 5 nitrogen and oxygen atoms in total. The van der Waals surface area contributed by atoms with Gasteiger partial charge in [-0.1, -0.05) is 0 Å². The molecule has 1 saturated heterocycles. The van der Waals surface area contributed by atoms with E-state index in [0.29, 0.717) is 6.61 Å². The summed E-state index contributed by atoms with van der Waals surface area (Å²) >= 11 is 0. The van der Waals surface area contributed by atoms with Crippen LogP contribution in [0.2, 0.25) is 0 Å². The molecule has 1 fully saturated rings. The number of ether oxygens (including phenoxy) is 1. The number of carboxylic acid groups (broad SMARTS) is 1. The van der Waals surface area contributed by atoms with Crippen LogP contribution in [0.4, 0.5) is 4.79 Å². The summed E-state index contributed by atoms with van der Waals surface area (Å²) in [5.74, 6) is 0.274. The third kappa shape index (κ3) is 3.07. The molecule has 5 heteroatoms. The fourth-order valence-electron chi connectivity index (χ4n) is 1.90. The fourth-order valence-corrected chi connectivity index (χ4v) is 1.90. The molecule has 1 unspecified atom stereocenters. The lowest BCUT2D eigenvalue weighted by atomic mass is 9.89. The zero-order valence-corrected chi connectivity index (χ0v) is 9.35. The highest BCUT2D eigenvalue weighted by Gasteiger charge is 2.29. The Morgan fingerprint density at radius 3 is 2.80 bits per heavy atom. The summed E-state index contributed by atoms with van der Waals surface area (Å²) in [5, 5.41) is 8.84. The Kier molecular flexibility index (Phi) is 4.35. The third-order valence-electron chi connectivity index (χ3n) is 3.21. The predicted octanol–water partition coefficient (Wildman–Crippen LogP) is 0.739. The number of carbonyl (C=O) groups is 1. The van der Waals surface area contributed by atoms with Crippen LogP contribution < -0.4 is 5.73 Å². The van der Waals surface area contributed by atoms with Crippen molar-refractivity contribution in [1.82, 2.24) is 4.90 Å². The van der Waals surface area contributed by atoms with E-state index in [-0.39, 0.29) is 18.0 Å². The van der Waals surface area contributed by atoms with Crippen LogP contribution in [0.5, 0.6) is 0 Å². The third-order valence-corrected chi connectivity index (χ3v) is 3.21. The quantitative estimate of drug-likeness (QED) is 0.729. The second-order valence-electron chi connectivity index (χ2n) is 4.19. The van der Waals surface area contributed by atoms with Gasteiger partial charge in [0.15, 0.2) is 0 Å². The van der Waals surface area contributed by atoms with Crippen LogP contribution in [0, 0.1) is 5.92 Å². The smallest absolute Gasteiger partial charge is 0.407 e. The number of nitrogens with zero attached hydrogens (tertiary/aromatic N) is 1. The molecule has 0 aliphatic carbocycles. The molecule has 1 amide bonds. The molecule has 0 bridgehead atoms. The van der Waals surface area contributed by atoms with Gasteiger partial charge in [-0.25, -0.2) is 4.79 Å². The lowest BCUT2D eigenvalue weighted by Gasteiger charge is -2.34. The van der Waals surface area contributed by atoms with Gasteiger partial charge in [0.2, 0.25) is 0 Å². The Morgan fingerprint density at radius 1 is 1.67 bits per heavy atom. The summed E-state index contributed by atoms with van der Waals surface area (Å²) in [6.45, 7) is 3.29. The number of rotatable bonds is 3. The van der Waals surface area contributed by atoms with Gasteiger partial charge in [0.05, 0.1) is 6.61 Å². The zero-order chi connectivity index (χ0) is 11.4. The minimum absolute atomic E-state index is 0.147. The average Bonchev–Trinajstić information content (AvgIpc) is 2.27. The van der Waals surface area contributed by atoms with Crippen molar-refractivity contribution in [3.05, 3.63) is 0 Å². The van der Waals surface area contributed by atoms with E-state index >= 15 is 0 Å². The van der Waals surface area contributed by atoms with Crippen LogP contribution in [0.1, 0.15) is 19.8 Å². The van der Waals surface area contributed by atoms with Gasteiger partial charge in [0, 0.05) is 25.7 Å². The molecule has 1 heterocycles. The number of amides is 1. The molecule has 88 valence electrons. The standard InChI is InChI=1S/C10H20N2O3/c1-7(12(2)10(13)14)9(11)8-4-3-5-15-6-8/h7-9H,3-6,11H2,1-2H3,(H,13,14)/t7?,8-,9-/m0/s1. The van der Waals surface area contributed by atoms with E-state index < -0.39 is 6.09 Å². The van der Waals surface area contributed by atoms with Crippen LogP contribution >= 0.6 is 0 Å². The second kappa shape index (κ2) is 5.32. The molecule has 3 atom stereocenters. The number of likely N-dealkylation sites (N-methyl/N-ethyl adjacent to an activating group) is 1. The first-order chi connectivity index (χ1) is 7.04. The van der Waals surface area contributed by atoms with E-state index in [0.717, 1.165) is 19.4 Å². The van der Waals surface area contributed by atoms with Crippen molar-refractivity contribution in [1.29, 1.82) is 0 Å². The van der Waals surface area contributed by atoms with Gasteiger partial charge in [-0.3, -0.25) is 0 Å². The van der Waals surface area contributed by atoms with Gasteiger partial charge in [-0.15, -0.1) is 0 Å². The SMILES string of the molecule is CC([C@H](N)[C@H]1CCCOC1)N(C)C(=O)O. The molecule has 0 radical (unpaired) electrons. The maximum absolute atomic E-state index is 10.8. The monoisotopic (exact) mass is 216 g/mol. The lowest BCUT2D eigenvalue weighted by Crippen LogP contribution is -2.51. The first-order valence-corrected chi connectivity index (χ1v) is 5.33. The molecular formula is C10H20N2O3. The molecule has 3 N–H and O–H groups in total. The zero-order valence-electron chi connectivity index (χ0n) is 9.35. The summed E-state index contributed by atoms with van der Waals surface area (Å²) in [4.78, 5) is 12.0. The molecule has 0 saturated carbocycles. The fraction of sp³-hybridized carbons (Fsp3) is 0.900. The number of nitrogens with two attached hydrogens (primary N) is 1. The van der Waals surface area contributed by atoms with Gasteiger partial charge in [0.25, 0.3) is 0 Å². The average molecular weight is 216 g/mol. The Hall–Kier alpha value is -0.810. The van der Waals surface area contributed by atoms with E-state index in [1.807, 2.05) is 6.92 Å². The maximum atomic E-state index is 10.8. The lowest BCUT2D eigenvalue weighted by molar-refractivity contribution is 0.0317. The van der Waals surface area contributed by atoms with Crippen molar-refractivity contribution < 1.29 is 14.6 Å². The van der Waals surface area contributed by atoms with E-state index in [1.54, 1.807) is 7.05 Å². The van der Waals surface area contributed by atoms with Gasteiger partial charge in [-0.2, -0.15) is 0 Å². The molecule has 1 aliphatic heterocycles. The molecule has 0 aromatic heterocycles. The summed E-state index contributed by atoms with van der Waals surface area (Å²) in [7, 11) is 1.55. The normalized spacial score (nSPS) is 25.7. The molecule has 0 aromatic carbocycles. The highest BCUT2D eigenvalue weighted by atomic mass is 16.5. The Bertz CT molecular complexity index is 217. The van der Waals surface area contributed by atoms with Crippen molar-refractivity contribution in [2.45, 2.75) is 31.8 Å². The number of hydrogen-bond donors (Lipinski definition) is 2. The Balaban J connectivity index is 2.50. The molecule has 1 aliphatic rings. The van der Waals surface area contributed by atoms with Crippen molar-refractivity contribution in [3.8, 4) is 0 Å². The number of hydrogen-bond acceptors (Lipinski definition) is 3. The van der Waals surface area contributed by atoms with E-state index in [1.165, 1.54) is 4.90 Å². The highest BCUT2D eigenvalue weighted by Crippen LogP contribution is 2.19. The minimum Gasteiger partial charge on any atom is -0.465 e. The minimum atomic E-state index is -0.935. The molecule has 1 rings (SSSR count). The van der Waals surface area contributed by atoms with Gasteiger partial charge < -0.3 is 20.5 Å². The van der Waals surface area contributed by atoms with Crippen LogP contribution in [-0.2, 0) is 4.74 Å². The summed E-state index contributed by atoms with van der Waals surface area (Å²) in [5.41, 5.74) is 6.05. The van der Waals surface area contributed by atoms with Crippen molar-refractivity contribution in [2.75, 3.05) is 20.3 Å². The predicted molar refractivity (Wildman–Crippen MR) is 56.8 cm³/mol. The molecule has 0 aromatic rings. The van der Waals surface area contributed by atoms with Gasteiger partial charge in [-0.05, 0) is 25.7 Å². The van der Waals surface area contributed by atoms with Gasteiger partial charge in [0.1, 0.15) is 0 Å².